The van der Waals surface area contributed by atoms with Crippen LogP contribution in [0.5, 0.6) is 0 Å². The first-order valence-electron chi connectivity index (χ1n) is 13.9. The van der Waals surface area contributed by atoms with Crippen LogP contribution in [0.2, 0.25) is 0 Å². The third-order valence-electron chi connectivity index (χ3n) is 8.24. The summed E-state index contributed by atoms with van der Waals surface area (Å²) in [5.41, 5.74) is 2.55. The number of piperidine rings is 1. The number of carbonyl (C=O) groups excluding carboxylic acids is 1. The lowest BCUT2D eigenvalue weighted by molar-refractivity contribution is -0.0375. The molecule has 0 unspecified atom stereocenters. The Hall–Kier alpha value is -3.24. The van der Waals surface area contributed by atoms with Gasteiger partial charge in [0.1, 0.15) is 22.8 Å². The lowest BCUT2D eigenvalue weighted by atomic mass is 9.86. The van der Waals surface area contributed by atoms with Gasteiger partial charge in [-0.15, -0.1) is 0 Å². The fraction of sp³-hybridized carbons (Fsp3) is 0.586. The number of likely N-dealkylation sites (tertiary alicyclic amines) is 1. The molecule has 0 spiro atoms. The maximum Gasteiger partial charge on any atom is 0.410 e. The summed E-state index contributed by atoms with van der Waals surface area (Å²) in [4.78, 5) is 26.1. The molecule has 3 aliphatic rings. The van der Waals surface area contributed by atoms with E-state index in [1.165, 1.54) is 11.1 Å². The number of hydrogen-bond acceptors (Lipinski definition) is 8. The van der Waals surface area contributed by atoms with Crippen molar-refractivity contribution in [1.82, 2.24) is 24.6 Å². The average molecular weight is 535 g/mol. The predicted octanol–water partition coefficient (Wildman–Crippen LogP) is 3.89. The van der Waals surface area contributed by atoms with Gasteiger partial charge in [-0.25, -0.2) is 19.4 Å². The van der Waals surface area contributed by atoms with E-state index < -0.39 is 11.2 Å². The van der Waals surface area contributed by atoms with Crippen molar-refractivity contribution in [1.29, 1.82) is 0 Å². The topological polar surface area (TPSA) is 106 Å². The van der Waals surface area contributed by atoms with Gasteiger partial charge < -0.3 is 24.4 Å². The van der Waals surface area contributed by atoms with Crippen molar-refractivity contribution in [2.75, 3.05) is 37.7 Å². The van der Waals surface area contributed by atoms with Crippen LogP contribution in [-0.2, 0) is 9.47 Å². The Labute approximate surface area is 228 Å². The Morgan fingerprint density at radius 1 is 1.15 bits per heavy atom. The number of ether oxygens (including phenoxy) is 2. The van der Waals surface area contributed by atoms with E-state index in [2.05, 4.69) is 24.0 Å². The van der Waals surface area contributed by atoms with Crippen LogP contribution in [0.1, 0.15) is 62.9 Å². The van der Waals surface area contributed by atoms with Crippen LogP contribution in [0, 0.1) is 13.8 Å². The molecule has 10 heteroatoms. The maximum atomic E-state index is 12.5. The number of amides is 1. The lowest BCUT2D eigenvalue weighted by Gasteiger charge is -2.34. The highest BCUT2D eigenvalue weighted by molar-refractivity contribution is 5.82. The van der Waals surface area contributed by atoms with E-state index >= 15 is 0 Å². The minimum absolute atomic E-state index is 0.0134. The molecular formula is C29H38N6O4. The number of aromatic nitrogens is 4. The van der Waals surface area contributed by atoms with Crippen molar-refractivity contribution >= 4 is 22.8 Å². The third kappa shape index (κ3) is 4.84. The first-order valence-corrected chi connectivity index (χ1v) is 13.9. The monoisotopic (exact) mass is 534 g/mol. The van der Waals surface area contributed by atoms with Crippen molar-refractivity contribution < 1.29 is 19.4 Å². The van der Waals surface area contributed by atoms with Crippen molar-refractivity contribution in [3.05, 3.63) is 41.3 Å². The Bertz CT molecular complexity index is 1410. The van der Waals surface area contributed by atoms with Gasteiger partial charge in [-0.3, -0.25) is 0 Å². The van der Waals surface area contributed by atoms with Crippen LogP contribution in [0.4, 0.5) is 10.6 Å². The zero-order valence-corrected chi connectivity index (χ0v) is 23.5. The summed E-state index contributed by atoms with van der Waals surface area (Å²) < 4.78 is 13.4. The van der Waals surface area contributed by atoms with Gasteiger partial charge in [-0.05, 0) is 76.6 Å². The molecule has 2 bridgehead atoms. The molecule has 0 radical (unpaired) electrons. The van der Waals surface area contributed by atoms with Gasteiger partial charge >= 0.3 is 6.09 Å². The van der Waals surface area contributed by atoms with E-state index in [-0.39, 0.29) is 18.7 Å². The van der Waals surface area contributed by atoms with Crippen LogP contribution in [0.3, 0.4) is 0 Å². The van der Waals surface area contributed by atoms with E-state index in [0.717, 1.165) is 41.8 Å². The molecule has 1 N–H and O–H groups in total. The Balaban J connectivity index is 1.27. The SMILES string of the molecule is Cc1nc(N2C[C@@]3(CO)C[C@@H]2CO3)cc(-n2ncc3cc(C)c(C4CCN(C(=O)OC(C)(C)C)CC4)cc32)n1. The largest absolute Gasteiger partial charge is 0.444 e. The van der Waals surface area contributed by atoms with Crippen LogP contribution < -0.4 is 4.90 Å². The first kappa shape index (κ1) is 26.0. The summed E-state index contributed by atoms with van der Waals surface area (Å²) in [6.45, 7) is 12.3. The number of morpholine rings is 1. The summed E-state index contributed by atoms with van der Waals surface area (Å²) in [6.07, 6.45) is 4.25. The molecule has 3 aromatic rings. The van der Waals surface area contributed by atoms with Gasteiger partial charge in [0.25, 0.3) is 0 Å². The molecule has 208 valence electrons. The van der Waals surface area contributed by atoms with E-state index in [0.29, 0.717) is 38.0 Å². The standard InChI is InChI=1S/C29H38N6O4/c1-18-10-21-14-30-35(24(21)11-23(18)20-6-8-33(9-7-20)27(37)39-28(3,4)5)26-12-25(31-19(2)32-26)34-16-29(17-36)13-22(34)15-38-29/h10-12,14,20,22,36H,6-9,13,15-17H2,1-5H3/t22-,29-/m1/s1. The molecule has 3 aliphatic heterocycles. The zero-order chi connectivity index (χ0) is 27.5. The smallest absolute Gasteiger partial charge is 0.410 e. The molecule has 3 fully saturated rings. The van der Waals surface area contributed by atoms with Gasteiger partial charge in [0.15, 0.2) is 5.82 Å². The summed E-state index contributed by atoms with van der Waals surface area (Å²) in [6, 6.07) is 6.64. The van der Waals surface area contributed by atoms with E-state index in [1.54, 1.807) is 0 Å². The normalized spacial score (nSPS) is 23.7. The minimum Gasteiger partial charge on any atom is -0.444 e. The number of aliphatic hydroxyl groups excluding tert-OH is 1. The Morgan fingerprint density at radius 2 is 1.90 bits per heavy atom. The molecule has 0 aliphatic carbocycles. The number of aryl methyl sites for hydroxylation is 2. The van der Waals surface area contributed by atoms with Crippen molar-refractivity contribution in [3.63, 3.8) is 0 Å². The highest BCUT2D eigenvalue weighted by atomic mass is 16.6. The van der Waals surface area contributed by atoms with E-state index in [9.17, 15) is 9.90 Å². The maximum absolute atomic E-state index is 12.5. The van der Waals surface area contributed by atoms with E-state index in [1.807, 2.05) is 49.5 Å². The summed E-state index contributed by atoms with van der Waals surface area (Å²) in [5.74, 6) is 2.60. The number of aliphatic hydroxyl groups is 1. The molecule has 0 saturated carbocycles. The molecule has 3 saturated heterocycles. The van der Waals surface area contributed by atoms with Crippen LogP contribution in [0.15, 0.2) is 24.4 Å². The van der Waals surface area contributed by atoms with Gasteiger partial charge in [0, 0.05) is 31.0 Å². The lowest BCUT2D eigenvalue weighted by Crippen LogP contribution is -2.45. The molecule has 5 heterocycles. The number of anilines is 1. The quantitative estimate of drug-likeness (QED) is 0.538. The summed E-state index contributed by atoms with van der Waals surface area (Å²) in [7, 11) is 0. The highest BCUT2D eigenvalue weighted by Gasteiger charge is 2.51. The molecular weight excluding hydrogens is 496 g/mol. The van der Waals surface area contributed by atoms with Crippen LogP contribution in [0.25, 0.3) is 16.7 Å². The van der Waals surface area contributed by atoms with Crippen LogP contribution in [-0.4, -0.2) is 85.9 Å². The van der Waals surface area contributed by atoms with Gasteiger partial charge in [0.2, 0.25) is 0 Å². The fourth-order valence-corrected chi connectivity index (χ4v) is 6.32. The summed E-state index contributed by atoms with van der Waals surface area (Å²) in [5, 5.41) is 15.7. The fourth-order valence-electron chi connectivity index (χ4n) is 6.32. The minimum atomic E-state index is -0.492. The first-order chi connectivity index (χ1) is 18.5. The van der Waals surface area contributed by atoms with Crippen LogP contribution >= 0.6 is 0 Å². The number of nitrogens with zero attached hydrogens (tertiary/aromatic N) is 6. The Morgan fingerprint density at radius 3 is 2.59 bits per heavy atom. The summed E-state index contributed by atoms with van der Waals surface area (Å²) >= 11 is 0. The van der Waals surface area contributed by atoms with E-state index in [4.69, 9.17) is 24.5 Å². The number of hydrogen-bond donors (Lipinski definition) is 1. The Kier molecular flexibility index (Phi) is 6.30. The van der Waals surface area contributed by atoms with Crippen molar-refractivity contribution in [2.45, 2.75) is 77.0 Å². The number of rotatable bonds is 4. The highest BCUT2D eigenvalue weighted by Crippen LogP contribution is 2.40. The van der Waals surface area contributed by atoms with Gasteiger partial charge in [-0.1, -0.05) is 0 Å². The molecule has 1 aromatic carbocycles. The molecule has 10 nitrogen and oxygen atoms in total. The molecule has 2 atom stereocenters. The number of carbonyl (C=O) groups is 1. The third-order valence-corrected chi connectivity index (χ3v) is 8.24. The second-order valence-corrected chi connectivity index (χ2v) is 12.3. The molecule has 2 aromatic heterocycles. The number of fused-ring (bicyclic) bond motifs is 3. The van der Waals surface area contributed by atoms with Gasteiger partial charge in [0.05, 0.1) is 37.5 Å². The van der Waals surface area contributed by atoms with Crippen molar-refractivity contribution in [2.24, 2.45) is 0 Å². The second-order valence-electron chi connectivity index (χ2n) is 12.3. The zero-order valence-electron chi connectivity index (χ0n) is 23.5. The molecule has 6 rings (SSSR count). The predicted molar refractivity (Wildman–Crippen MR) is 147 cm³/mol. The van der Waals surface area contributed by atoms with Gasteiger partial charge in [-0.2, -0.15) is 5.10 Å². The second kappa shape index (κ2) is 9.45. The van der Waals surface area contributed by atoms with Crippen molar-refractivity contribution in [3.8, 4) is 5.82 Å². The average Bonchev–Trinajstić information content (AvgIpc) is 3.60. The molecule has 1 amide bonds. The molecule has 39 heavy (non-hydrogen) atoms. The number of benzene rings is 1.